The zero-order valence-electron chi connectivity index (χ0n) is 10.8. The molecular formula is C13H11ClF2N2O2S. The molecule has 0 aliphatic rings. The number of hydrogen-bond acceptors (Lipinski definition) is 3. The molecule has 0 aliphatic carbocycles. The molecule has 0 spiro atoms. The normalized spacial score (nSPS) is 11.4. The summed E-state index contributed by atoms with van der Waals surface area (Å²) in [7, 11) is -4.10. The average molecular weight is 333 g/mol. The second-order valence-corrected chi connectivity index (χ2v) is 6.44. The smallest absolute Gasteiger partial charge is 0.262 e. The number of nitrogens with one attached hydrogen (secondary N) is 1. The van der Waals surface area contributed by atoms with Gasteiger partial charge in [0, 0.05) is 16.8 Å². The highest BCUT2D eigenvalue weighted by Crippen LogP contribution is 2.28. The molecule has 0 atom stereocenters. The number of benzene rings is 2. The molecule has 3 N–H and O–H groups in total. The van der Waals surface area contributed by atoms with E-state index in [1.54, 1.807) is 0 Å². The minimum atomic E-state index is -4.10. The van der Waals surface area contributed by atoms with E-state index in [1.807, 2.05) is 4.72 Å². The van der Waals surface area contributed by atoms with Gasteiger partial charge in [-0.15, -0.1) is 0 Å². The Morgan fingerprint density at radius 3 is 2.48 bits per heavy atom. The van der Waals surface area contributed by atoms with Crippen molar-refractivity contribution >= 4 is 33.0 Å². The van der Waals surface area contributed by atoms with Crippen LogP contribution < -0.4 is 10.5 Å². The first-order chi connectivity index (χ1) is 9.70. The quantitative estimate of drug-likeness (QED) is 0.847. The number of hydrogen-bond donors (Lipinski definition) is 2. The van der Waals surface area contributed by atoms with Gasteiger partial charge in [-0.1, -0.05) is 11.6 Å². The molecule has 0 amide bonds. The lowest BCUT2D eigenvalue weighted by molar-refractivity contribution is 0.582. The third-order valence-electron chi connectivity index (χ3n) is 2.83. The van der Waals surface area contributed by atoms with Gasteiger partial charge in [0.1, 0.15) is 11.6 Å². The molecular weight excluding hydrogens is 322 g/mol. The summed E-state index contributed by atoms with van der Waals surface area (Å²) in [6.45, 7) is 1.50. The predicted molar refractivity (Wildman–Crippen MR) is 77.8 cm³/mol. The van der Waals surface area contributed by atoms with Gasteiger partial charge in [0.25, 0.3) is 10.0 Å². The molecule has 0 bridgehead atoms. The topological polar surface area (TPSA) is 72.2 Å². The first kappa shape index (κ1) is 15.5. The fourth-order valence-corrected chi connectivity index (χ4v) is 3.38. The molecule has 8 heteroatoms. The highest BCUT2D eigenvalue weighted by molar-refractivity contribution is 7.92. The van der Waals surface area contributed by atoms with Crippen LogP contribution in [0, 0.1) is 18.6 Å². The predicted octanol–water partition coefficient (Wildman–Crippen LogP) is 3.31. The van der Waals surface area contributed by atoms with E-state index < -0.39 is 21.7 Å². The summed E-state index contributed by atoms with van der Waals surface area (Å²) in [5, 5.41) is 0.137. The number of halogens is 3. The Balaban J connectivity index is 2.48. The third kappa shape index (κ3) is 3.25. The van der Waals surface area contributed by atoms with Gasteiger partial charge in [0.2, 0.25) is 0 Å². The van der Waals surface area contributed by atoms with E-state index in [4.69, 9.17) is 17.3 Å². The minimum Gasteiger partial charge on any atom is -0.398 e. The molecule has 0 saturated carbocycles. The van der Waals surface area contributed by atoms with Crippen molar-refractivity contribution in [2.24, 2.45) is 0 Å². The number of sulfonamides is 1. The summed E-state index contributed by atoms with van der Waals surface area (Å²) in [6.07, 6.45) is 0. The second kappa shape index (κ2) is 5.50. The van der Waals surface area contributed by atoms with Crippen LogP contribution in [0.1, 0.15) is 5.56 Å². The fraction of sp³-hybridized carbons (Fsp3) is 0.0769. The van der Waals surface area contributed by atoms with E-state index in [1.165, 1.54) is 19.1 Å². The van der Waals surface area contributed by atoms with E-state index in [2.05, 4.69) is 0 Å². The van der Waals surface area contributed by atoms with E-state index in [0.29, 0.717) is 6.07 Å². The summed E-state index contributed by atoms with van der Waals surface area (Å²) < 4.78 is 53.0. The van der Waals surface area contributed by atoms with E-state index in [0.717, 1.165) is 12.1 Å². The summed E-state index contributed by atoms with van der Waals surface area (Å²) in [5.41, 5.74) is 5.78. The minimum absolute atomic E-state index is 0.137. The lowest BCUT2D eigenvalue weighted by Crippen LogP contribution is -2.16. The molecule has 0 aromatic heterocycles. The second-order valence-electron chi connectivity index (χ2n) is 4.35. The summed E-state index contributed by atoms with van der Waals surface area (Å²) in [4.78, 5) is -0.170. The third-order valence-corrected chi connectivity index (χ3v) is 4.54. The van der Waals surface area contributed by atoms with Crippen LogP contribution in [-0.4, -0.2) is 8.42 Å². The molecule has 21 heavy (non-hydrogen) atoms. The molecule has 2 rings (SSSR count). The largest absolute Gasteiger partial charge is 0.398 e. The lowest BCUT2D eigenvalue weighted by Gasteiger charge is -2.13. The first-order valence-electron chi connectivity index (χ1n) is 5.74. The maximum absolute atomic E-state index is 13.5. The van der Waals surface area contributed by atoms with Gasteiger partial charge >= 0.3 is 0 Å². The Morgan fingerprint density at radius 2 is 1.86 bits per heavy atom. The van der Waals surface area contributed by atoms with Crippen molar-refractivity contribution in [2.45, 2.75) is 11.8 Å². The Labute approximate surface area is 125 Å². The molecule has 0 fully saturated rings. The van der Waals surface area contributed by atoms with Crippen LogP contribution in [0.25, 0.3) is 0 Å². The number of nitrogens with two attached hydrogens (primary N) is 1. The van der Waals surface area contributed by atoms with Crippen molar-refractivity contribution in [3.8, 4) is 0 Å². The maximum Gasteiger partial charge on any atom is 0.262 e. The van der Waals surface area contributed by atoms with Gasteiger partial charge in [-0.25, -0.2) is 17.2 Å². The van der Waals surface area contributed by atoms with Gasteiger partial charge < -0.3 is 5.73 Å². The Kier molecular flexibility index (Phi) is 4.06. The van der Waals surface area contributed by atoms with Crippen molar-refractivity contribution in [1.29, 1.82) is 0 Å². The molecule has 112 valence electrons. The zero-order chi connectivity index (χ0) is 15.8. The van der Waals surface area contributed by atoms with Crippen LogP contribution in [-0.2, 0) is 10.0 Å². The molecule has 0 unspecified atom stereocenters. The van der Waals surface area contributed by atoms with Gasteiger partial charge in [-0.3, -0.25) is 4.72 Å². The fourth-order valence-electron chi connectivity index (χ4n) is 1.73. The van der Waals surface area contributed by atoms with Crippen LogP contribution in [0.3, 0.4) is 0 Å². The summed E-state index contributed by atoms with van der Waals surface area (Å²) in [6, 6.07) is 5.13. The van der Waals surface area contributed by atoms with Gasteiger partial charge in [-0.2, -0.15) is 0 Å². The number of rotatable bonds is 3. The van der Waals surface area contributed by atoms with Crippen LogP contribution >= 0.6 is 11.6 Å². The zero-order valence-corrected chi connectivity index (χ0v) is 12.4. The Bertz CT molecular complexity index is 810. The lowest BCUT2D eigenvalue weighted by atomic mass is 10.2. The molecule has 0 heterocycles. The van der Waals surface area contributed by atoms with Crippen LogP contribution in [0.4, 0.5) is 20.2 Å². The van der Waals surface area contributed by atoms with E-state index >= 15 is 0 Å². The molecule has 0 radical (unpaired) electrons. The Morgan fingerprint density at radius 1 is 1.19 bits per heavy atom. The standard InChI is InChI=1S/C13H11ClF2N2O2S/c1-7-11(17)4-8(14)5-13(7)21(19,20)18-12-3-2-9(15)6-10(12)16/h2-6,18H,17H2,1H3. The SMILES string of the molecule is Cc1c(N)cc(Cl)cc1S(=O)(=O)Nc1ccc(F)cc1F. The number of nitrogen functional groups attached to an aromatic ring is 1. The number of anilines is 2. The van der Waals surface area contributed by atoms with E-state index in [9.17, 15) is 17.2 Å². The monoisotopic (exact) mass is 332 g/mol. The van der Waals surface area contributed by atoms with Gasteiger partial charge in [-0.05, 0) is 36.8 Å². The van der Waals surface area contributed by atoms with Crippen LogP contribution in [0.5, 0.6) is 0 Å². The molecule has 0 saturated heterocycles. The van der Waals surface area contributed by atoms with Gasteiger partial charge in [0.15, 0.2) is 0 Å². The molecule has 4 nitrogen and oxygen atoms in total. The summed E-state index contributed by atoms with van der Waals surface area (Å²) >= 11 is 5.79. The van der Waals surface area contributed by atoms with E-state index in [-0.39, 0.29) is 26.9 Å². The van der Waals surface area contributed by atoms with Crippen molar-refractivity contribution in [3.05, 3.63) is 52.6 Å². The molecule has 2 aromatic rings. The summed E-state index contributed by atoms with van der Waals surface area (Å²) in [5.74, 6) is -1.83. The highest BCUT2D eigenvalue weighted by Gasteiger charge is 2.21. The average Bonchev–Trinajstić information content (AvgIpc) is 2.37. The van der Waals surface area contributed by atoms with Gasteiger partial charge in [0.05, 0.1) is 10.6 Å². The van der Waals surface area contributed by atoms with Crippen molar-refractivity contribution in [3.63, 3.8) is 0 Å². The van der Waals surface area contributed by atoms with Crippen molar-refractivity contribution < 1.29 is 17.2 Å². The highest BCUT2D eigenvalue weighted by atomic mass is 35.5. The first-order valence-corrected chi connectivity index (χ1v) is 7.60. The van der Waals surface area contributed by atoms with Crippen LogP contribution in [0.2, 0.25) is 5.02 Å². The Hall–Kier alpha value is -1.86. The maximum atomic E-state index is 13.5. The molecule has 0 aliphatic heterocycles. The van der Waals surface area contributed by atoms with Crippen LogP contribution in [0.15, 0.2) is 35.2 Å². The van der Waals surface area contributed by atoms with Crippen molar-refractivity contribution in [2.75, 3.05) is 10.5 Å². The van der Waals surface area contributed by atoms with Crippen molar-refractivity contribution in [1.82, 2.24) is 0 Å². The molecule has 2 aromatic carbocycles.